The Labute approximate surface area is 171 Å². The molecule has 0 radical (unpaired) electrons. The molecular weight excluding hydrogens is 352 g/mol. The number of rotatable bonds is 3. The van der Waals surface area contributed by atoms with Crippen LogP contribution in [0.4, 0.5) is 0 Å². The van der Waals surface area contributed by atoms with Gasteiger partial charge in [0.25, 0.3) is 0 Å². The minimum absolute atomic E-state index is 0.0623. The van der Waals surface area contributed by atoms with Crippen LogP contribution >= 0.6 is 0 Å². The Morgan fingerprint density at radius 2 is 1.31 bits per heavy atom. The lowest BCUT2D eigenvalue weighted by atomic mass is 9.85. The summed E-state index contributed by atoms with van der Waals surface area (Å²) in [5, 5.41) is 4.58. The lowest BCUT2D eigenvalue weighted by Crippen LogP contribution is -2.11. The summed E-state index contributed by atoms with van der Waals surface area (Å²) < 4.78 is 0. The second kappa shape index (κ2) is 6.86. The topological polar surface area (TPSA) is 17.1 Å². The average Bonchev–Trinajstić information content (AvgIpc) is 3.06. The predicted molar refractivity (Wildman–Crippen MR) is 122 cm³/mol. The van der Waals surface area contributed by atoms with E-state index in [-0.39, 0.29) is 11.7 Å². The van der Waals surface area contributed by atoms with Gasteiger partial charge in [0.05, 0.1) is 0 Å². The van der Waals surface area contributed by atoms with E-state index in [1.54, 1.807) is 0 Å². The number of hydrogen-bond donors (Lipinski definition) is 0. The van der Waals surface area contributed by atoms with E-state index in [2.05, 4.69) is 74.5 Å². The first-order chi connectivity index (χ1) is 14.1. The van der Waals surface area contributed by atoms with Crippen LogP contribution in [0.1, 0.15) is 29.8 Å². The lowest BCUT2D eigenvalue weighted by molar-refractivity contribution is 0.102. The fourth-order valence-electron chi connectivity index (χ4n) is 4.67. The first-order valence-electron chi connectivity index (χ1n) is 10.1. The number of benzene rings is 4. The fourth-order valence-corrected chi connectivity index (χ4v) is 4.67. The van der Waals surface area contributed by atoms with Crippen molar-refractivity contribution in [1.82, 2.24) is 0 Å². The maximum Gasteiger partial charge on any atom is 0.190 e. The Hall–Kier alpha value is -3.45. The van der Waals surface area contributed by atoms with Gasteiger partial charge in [-0.2, -0.15) is 0 Å². The Morgan fingerprint density at radius 1 is 0.724 bits per heavy atom. The molecule has 0 fully saturated rings. The van der Waals surface area contributed by atoms with Gasteiger partial charge in [-0.1, -0.05) is 97.9 Å². The number of carbonyl (C=O) groups excluding carboxylic acids is 1. The molecule has 5 rings (SSSR count). The van der Waals surface area contributed by atoms with Crippen LogP contribution in [0, 0.1) is 5.92 Å². The molecule has 0 N–H and O–H groups in total. The molecule has 1 unspecified atom stereocenters. The first kappa shape index (κ1) is 17.6. The van der Waals surface area contributed by atoms with E-state index in [4.69, 9.17) is 0 Å². The highest BCUT2D eigenvalue weighted by atomic mass is 16.1. The second-order valence-corrected chi connectivity index (χ2v) is 7.80. The van der Waals surface area contributed by atoms with E-state index >= 15 is 0 Å². The van der Waals surface area contributed by atoms with E-state index in [0.717, 1.165) is 27.5 Å². The third kappa shape index (κ3) is 2.82. The van der Waals surface area contributed by atoms with Crippen LogP contribution in [0.3, 0.4) is 0 Å². The van der Waals surface area contributed by atoms with E-state index in [1.165, 1.54) is 21.9 Å². The molecule has 0 saturated carbocycles. The molecule has 1 nitrogen and oxygen atoms in total. The molecule has 1 atom stereocenters. The number of allylic oxidation sites excluding steroid dienone is 4. The molecule has 0 amide bonds. The van der Waals surface area contributed by atoms with E-state index in [9.17, 15) is 4.79 Å². The summed E-state index contributed by atoms with van der Waals surface area (Å²) in [6.07, 6.45) is 2.20. The summed E-state index contributed by atoms with van der Waals surface area (Å²) >= 11 is 0. The van der Waals surface area contributed by atoms with Crippen LogP contribution in [0.25, 0.3) is 27.1 Å². The third-order valence-electron chi connectivity index (χ3n) is 6.08. The fraction of sp³-hybridized carbons (Fsp3) is 0.107. The van der Waals surface area contributed by atoms with Gasteiger partial charge in [0.15, 0.2) is 5.78 Å². The molecule has 4 aromatic rings. The first-order valence-corrected chi connectivity index (χ1v) is 10.1. The zero-order valence-electron chi connectivity index (χ0n) is 16.6. The van der Waals surface area contributed by atoms with Crippen molar-refractivity contribution in [2.75, 3.05) is 0 Å². The Morgan fingerprint density at radius 3 is 2.07 bits per heavy atom. The Kier molecular flexibility index (Phi) is 4.17. The number of ketones is 1. The van der Waals surface area contributed by atoms with Gasteiger partial charge in [0.1, 0.15) is 0 Å². The highest BCUT2D eigenvalue weighted by molar-refractivity contribution is 6.19. The number of hydrogen-bond acceptors (Lipinski definition) is 1. The van der Waals surface area contributed by atoms with Crippen LogP contribution in [0.15, 0.2) is 102 Å². The third-order valence-corrected chi connectivity index (χ3v) is 6.08. The molecule has 0 aromatic heterocycles. The summed E-state index contributed by atoms with van der Waals surface area (Å²) in [7, 11) is 0. The van der Waals surface area contributed by atoms with Gasteiger partial charge in [-0.15, -0.1) is 0 Å². The summed E-state index contributed by atoms with van der Waals surface area (Å²) in [5.41, 5.74) is 5.21. The van der Waals surface area contributed by atoms with Crippen molar-refractivity contribution in [2.24, 2.45) is 5.92 Å². The van der Waals surface area contributed by atoms with Gasteiger partial charge in [-0.3, -0.25) is 4.79 Å². The highest BCUT2D eigenvalue weighted by Crippen LogP contribution is 2.42. The lowest BCUT2D eigenvalue weighted by Gasteiger charge is -2.17. The van der Waals surface area contributed by atoms with Crippen LogP contribution < -0.4 is 0 Å². The largest absolute Gasteiger partial charge is 0.289 e. The van der Waals surface area contributed by atoms with Gasteiger partial charge in [-0.25, -0.2) is 0 Å². The van der Waals surface area contributed by atoms with Gasteiger partial charge in [-0.05, 0) is 45.2 Å². The molecule has 0 heterocycles. The Bertz CT molecular complexity index is 1330. The summed E-state index contributed by atoms with van der Waals surface area (Å²) in [5.74, 6) is 0.200. The van der Waals surface area contributed by atoms with E-state index < -0.39 is 0 Å². The van der Waals surface area contributed by atoms with Crippen LogP contribution in [0.5, 0.6) is 0 Å². The van der Waals surface area contributed by atoms with Crippen molar-refractivity contribution in [3.05, 3.63) is 113 Å². The van der Waals surface area contributed by atoms with Crippen molar-refractivity contribution in [3.63, 3.8) is 0 Å². The summed E-state index contributed by atoms with van der Waals surface area (Å²) in [6, 6.07) is 29.0. The molecule has 1 aliphatic rings. The van der Waals surface area contributed by atoms with E-state index in [1.807, 2.05) is 30.3 Å². The number of fused-ring (bicyclic) bond motifs is 2. The summed E-state index contributed by atoms with van der Waals surface area (Å²) in [6.45, 7) is 4.22. The Balaban J connectivity index is 1.58. The molecule has 4 aromatic carbocycles. The van der Waals surface area contributed by atoms with Crippen molar-refractivity contribution in [2.45, 2.75) is 13.8 Å². The van der Waals surface area contributed by atoms with Crippen LogP contribution in [-0.4, -0.2) is 5.78 Å². The molecule has 1 heteroatoms. The van der Waals surface area contributed by atoms with Crippen molar-refractivity contribution in [3.8, 4) is 0 Å². The predicted octanol–water partition coefficient (Wildman–Crippen LogP) is 7.23. The minimum atomic E-state index is 0.0623. The van der Waals surface area contributed by atoms with Gasteiger partial charge >= 0.3 is 0 Å². The molecular formula is C28H22O. The minimum Gasteiger partial charge on any atom is -0.289 e. The average molecular weight is 374 g/mol. The molecule has 29 heavy (non-hydrogen) atoms. The number of Topliss-reactive ketones (excluding diaryl/α,β-unsaturated/α-hetero) is 1. The van der Waals surface area contributed by atoms with Crippen molar-refractivity contribution in [1.29, 1.82) is 0 Å². The van der Waals surface area contributed by atoms with Crippen molar-refractivity contribution < 1.29 is 4.79 Å². The van der Waals surface area contributed by atoms with Crippen molar-refractivity contribution >= 4 is 32.9 Å². The summed E-state index contributed by atoms with van der Waals surface area (Å²) in [4.78, 5) is 13.6. The molecule has 0 aliphatic heterocycles. The molecule has 1 aliphatic carbocycles. The maximum atomic E-state index is 13.6. The van der Waals surface area contributed by atoms with Gasteiger partial charge in [0, 0.05) is 17.1 Å². The highest BCUT2D eigenvalue weighted by Gasteiger charge is 2.30. The van der Waals surface area contributed by atoms with Gasteiger partial charge < -0.3 is 0 Å². The van der Waals surface area contributed by atoms with Gasteiger partial charge in [0.2, 0.25) is 0 Å². The normalized spacial score (nSPS) is 16.5. The molecule has 0 spiro atoms. The molecule has 0 bridgehead atoms. The smallest absolute Gasteiger partial charge is 0.190 e. The molecule has 140 valence electrons. The zero-order valence-corrected chi connectivity index (χ0v) is 16.6. The number of carbonyl (C=O) groups is 1. The quantitative estimate of drug-likeness (QED) is 0.346. The standard InChI is InChI=1S/C28H22O/c1-18-17-26(24-15-7-11-20-9-3-5-13-22(20)24)19(2)27(18)28(29)25-16-8-12-21-10-4-6-14-23(21)25/h3-17,19H,1-2H3. The van der Waals surface area contributed by atoms with Crippen LogP contribution in [-0.2, 0) is 0 Å². The SMILES string of the molecule is CC1=C(C(=O)c2cccc3ccccc23)C(C)C(c2cccc3ccccc23)=C1. The zero-order chi connectivity index (χ0) is 20.0. The van der Waals surface area contributed by atoms with E-state index in [0.29, 0.717) is 0 Å². The monoisotopic (exact) mass is 374 g/mol. The maximum absolute atomic E-state index is 13.6. The van der Waals surface area contributed by atoms with Crippen LogP contribution in [0.2, 0.25) is 0 Å². The molecule has 0 saturated heterocycles. The second-order valence-electron chi connectivity index (χ2n) is 7.80.